The molecule has 0 aromatic heterocycles. The molecule has 0 aliphatic carbocycles. The number of ether oxygens (including phenoxy) is 1. The van der Waals surface area contributed by atoms with Gasteiger partial charge in [-0.2, -0.15) is 0 Å². The van der Waals surface area contributed by atoms with Gasteiger partial charge in [0.2, 0.25) is 0 Å². The summed E-state index contributed by atoms with van der Waals surface area (Å²) in [4.78, 5) is 0. The highest BCUT2D eigenvalue weighted by Gasteiger charge is 2.16. The summed E-state index contributed by atoms with van der Waals surface area (Å²) in [5.74, 6) is 1.70. The quantitative estimate of drug-likeness (QED) is 0.649. The average molecular weight is 209 g/mol. The SMILES string of the molecule is C=Cc1cccc2c1Nc1ccccc1O2. The minimum absolute atomic E-state index is 0.844. The summed E-state index contributed by atoms with van der Waals surface area (Å²) in [7, 11) is 0. The smallest absolute Gasteiger partial charge is 0.151 e. The normalized spacial score (nSPS) is 11.8. The van der Waals surface area contributed by atoms with E-state index < -0.39 is 0 Å². The van der Waals surface area contributed by atoms with E-state index in [0.717, 1.165) is 28.4 Å². The van der Waals surface area contributed by atoms with Gasteiger partial charge in [0.1, 0.15) is 0 Å². The van der Waals surface area contributed by atoms with Gasteiger partial charge in [0.25, 0.3) is 0 Å². The first kappa shape index (κ1) is 9.04. The van der Waals surface area contributed by atoms with Crippen LogP contribution in [0.15, 0.2) is 49.0 Å². The molecule has 16 heavy (non-hydrogen) atoms. The van der Waals surface area contributed by atoms with Crippen molar-refractivity contribution in [3.63, 3.8) is 0 Å². The fraction of sp³-hybridized carbons (Fsp3) is 0. The van der Waals surface area contributed by atoms with Crippen LogP contribution in [0.25, 0.3) is 6.08 Å². The van der Waals surface area contributed by atoms with Crippen LogP contribution in [0.2, 0.25) is 0 Å². The molecule has 0 saturated carbocycles. The Morgan fingerprint density at radius 2 is 1.81 bits per heavy atom. The monoisotopic (exact) mass is 209 g/mol. The van der Waals surface area contributed by atoms with E-state index in [1.54, 1.807) is 0 Å². The van der Waals surface area contributed by atoms with E-state index >= 15 is 0 Å². The van der Waals surface area contributed by atoms with Gasteiger partial charge >= 0.3 is 0 Å². The van der Waals surface area contributed by atoms with Crippen molar-refractivity contribution in [3.8, 4) is 11.5 Å². The van der Waals surface area contributed by atoms with Crippen molar-refractivity contribution >= 4 is 17.5 Å². The lowest BCUT2D eigenvalue weighted by Crippen LogP contribution is -2.03. The lowest BCUT2D eigenvalue weighted by atomic mass is 10.1. The minimum Gasteiger partial charge on any atom is -0.453 e. The Morgan fingerprint density at radius 1 is 1.00 bits per heavy atom. The van der Waals surface area contributed by atoms with Crippen LogP contribution in [0, 0.1) is 0 Å². The van der Waals surface area contributed by atoms with Gasteiger partial charge in [0, 0.05) is 5.56 Å². The highest BCUT2D eigenvalue weighted by atomic mass is 16.5. The van der Waals surface area contributed by atoms with Crippen LogP contribution in [-0.2, 0) is 0 Å². The second kappa shape index (κ2) is 3.42. The molecule has 2 heteroatoms. The lowest BCUT2D eigenvalue weighted by molar-refractivity contribution is 0.481. The predicted octanol–water partition coefficient (Wildman–Crippen LogP) is 4.18. The topological polar surface area (TPSA) is 21.3 Å². The van der Waals surface area contributed by atoms with Crippen LogP contribution < -0.4 is 10.1 Å². The van der Waals surface area contributed by atoms with Gasteiger partial charge < -0.3 is 10.1 Å². The van der Waals surface area contributed by atoms with E-state index in [2.05, 4.69) is 11.9 Å². The van der Waals surface area contributed by atoms with Crippen molar-refractivity contribution in [1.82, 2.24) is 0 Å². The molecule has 0 radical (unpaired) electrons. The maximum absolute atomic E-state index is 5.81. The Hall–Kier alpha value is -2.22. The molecule has 0 saturated heterocycles. The molecular weight excluding hydrogens is 198 g/mol. The molecule has 1 N–H and O–H groups in total. The van der Waals surface area contributed by atoms with Crippen LogP contribution in [0.4, 0.5) is 11.4 Å². The molecule has 1 aliphatic rings. The lowest BCUT2D eigenvalue weighted by Gasteiger charge is -2.22. The summed E-state index contributed by atoms with van der Waals surface area (Å²) >= 11 is 0. The largest absolute Gasteiger partial charge is 0.453 e. The molecule has 1 heterocycles. The first-order chi connectivity index (χ1) is 7.88. The Labute approximate surface area is 94.2 Å². The Balaban J connectivity index is 2.15. The Kier molecular flexibility index (Phi) is 1.93. The fourth-order valence-corrected chi connectivity index (χ4v) is 1.85. The van der Waals surface area contributed by atoms with Crippen LogP contribution >= 0.6 is 0 Å². The van der Waals surface area contributed by atoms with E-state index in [9.17, 15) is 0 Å². The molecular formula is C14H11NO. The molecule has 0 atom stereocenters. The highest BCUT2D eigenvalue weighted by molar-refractivity contribution is 5.82. The maximum atomic E-state index is 5.81. The van der Waals surface area contributed by atoms with Gasteiger partial charge in [0.05, 0.1) is 11.4 Å². The minimum atomic E-state index is 0.844. The van der Waals surface area contributed by atoms with Gasteiger partial charge in [-0.25, -0.2) is 0 Å². The Morgan fingerprint density at radius 3 is 2.69 bits per heavy atom. The predicted molar refractivity (Wildman–Crippen MR) is 66.3 cm³/mol. The number of anilines is 2. The second-order valence-corrected chi connectivity index (χ2v) is 3.65. The highest BCUT2D eigenvalue weighted by Crippen LogP contribution is 2.43. The van der Waals surface area contributed by atoms with Gasteiger partial charge in [-0.1, -0.05) is 36.9 Å². The number of benzene rings is 2. The van der Waals surface area contributed by atoms with Gasteiger partial charge in [-0.05, 0) is 18.2 Å². The average Bonchev–Trinajstić information content (AvgIpc) is 2.35. The van der Waals surface area contributed by atoms with Crippen molar-refractivity contribution in [2.75, 3.05) is 5.32 Å². The third-order valence-corrected chi connectivity index (χ3v) is 2.65. The molecule has 0 bridgehead atoms. The van der Waals surface area contributed by atoms with Crippen molar-refractivity contribution in [2.24, 2.45) is 0 Å². The molecule has 2 nitrogen and oxygen atoms in total. The summed E-state index contributed by atoms with van der Waals surface area (Å²) in [6, 6.07) is 13.8. The van der Waals surface area contributed by atoms with E-state index in [1.807, 2.05) is 48.5 Å². The summed E-state index contributed by atoms with van der Waals surface area (Å²) in [6.07, 6.45) is 1.82. The number of rotatable bonds is 1. The number of fused-ring (bicyclic) bond motifs is 2. The van der Waals surface area contributed by atoms with Crippen LogP contribution in [0.5, 0.6) is 11.5 Å². The third kappa shape index (κ3) is 1.27. The zero-order valence-electron chi connectivity index (χ0n) is 8.73. The molecule has 2 aromatic rings. The van der Waals surface area contributed by atoms with E-state index in [0.29, 0.717) is 0 Å². The first-order valence-corrected chi connectivity index (χ1v) is 5.18. The van der Waals surface area contributed by atoms with Crippen LogP contribution in [-0.4, -0.2) is 0 Å². The van der Waals surface area contributed by atoms with Gasteiger partial charge in [-0.3, -0.25) is 0 Å². The van der Waals surface area contributed by atoms with Crippen molar-refractivity contribution < 1.29 is 4.74 Å². The molecule has 0 unspecified atom stereocenters. The summed E-state index contributed by atoms with van der Waals surface area (Å²) < 4.78 is 5.81. The number of hydrogen-bond donors (Lipinski definition) is 1. The summed E-state index contributed by atoms with van der Waals surface area (Å²) in [5.41, 5.74) is 3.02. The second-order valence-electron chi connectivity index (χ2n) is 3.65. The van der Waals surface area contributed by atoms with E-state index in [1.165, 1.54) is 0 Å². The van der Waals surface area contributed by atoms with Crippen LogP contribution in [0.1, 0.15) is 5.56 Å². The van der Waals surface area contributed by atoms with Gasteiger partial charge in [-0.15, -0.1) is 0 Å². The van der Waals surface area contributed by atoms with E-state index in [-0.39, 0.29) is 0 Å². The van der Waals surface area contributed by atoms with Crippen molar-refractivity contribution in [3.05, 3.63) is 54.6 Å². The van der Waals surface area contributed by atoms with E-state index in [4.69, 9.17) is 4.74 Å². The van der Waals surface area contributed by atoms with Crippen LogP contribution in [0.3, 0.4) is 0 Å². The zero-order valence-corrected chi connectivity index (χ0v) is 8.73. The maximum Gasteiger partial charge on any atom is 0.151 e. The molecule has 0 spiro atoms. The number of para-hydroxylation sites is 3. The zero-order chi connectivity index (χ0) is 11.0. The first-order valence-electron chi connectivity index (χ1n) is 5.18. The Bertz CT molecular complexity index is 560. The molecule has 2 aromatic carbocycles. The molecule has 1 aliphatic heterocycles. The van der Waals surface area contributed by atoms with Crippen molar-refractivity contribution in [2.45, 2.75) is 0 Å². The molecule has 3 rings (SSSR count). The molecule has 0 amide bonds. The number of hydrogen-bond acceptors (Lipinski definition) is 2. The number of nitrogens with one attached hydrogen (secondary N) is 1. The van der Waals surface area contributed by atoms with Gasteiger partial charge in [0.15, 0.2) is 11.5 Å². The summed E-state index contributed by atoms with van der Waals surface area (Å²) in [6.45, 7) is 3.80. The molecule has 0 fully saturated rings. The molecule has 78 valence electrons. The third-order valence-electron chi connectivity index (χ3n) is 2.65. The summed E-state index contributed by atoms with van der Waals surface area (Å²) in [5, 5.41) is 3.36. The standard InChI is InChI=1S/C14H11NO/c1-2-10-6-5-9-13-14(10)15-11-7-3-4-8-12(11)16-13/h2-9,15H,1H2. The van der Waals surface area contributed by atoms with Crippen molar-refractivity contribution in [1.29, 1.82) is 0 Å². The fourth-order valence-electron chi connectivity index (χ4n) is 1.85.